The van der Waals surface area contributed by atoms with Gasteiger partial charge >= 0.3 is 11.8 Å². The van der Waals surface area contributed by atoms with Crippen molar-refractivity contribution in [3.8, 4) is 0 Å². The highest BCUT2D eigenvalue weighted by molar-refractivity contribution is 6.30. The monoisotopic (exact) mass is 334 g/mol. The van der Waals surface area contributed by atoms with Crippen molar-refractivity contribution >= 4 is 17.5 Å². The van der Waals surface area contributed by atoms with E-state index >= 15 is 0 Å². The lowest BCUT2D eigenvalue weighted by Crippen LogP contribution is -2.24. The van der Waals surface area contributed by atoms with Gasteiger partial charge in [0.1, 0.15) is 6.54 Å². The topological polar surface area (TPSA) is 90.8 Å². The van der Waals surface area contributed by atoms with E-state index in [0.717, 1.165) is 11.4 Å². The molecule has 3 aromatic heterocycles. The number of nitrogens with one attached hydrogen (secondary N) is 1. The Kier molecular flexibility index (Phi) is 4.16. The summed E-state index contributed by atoms with van der Waals surface area (Å²) in [5.41, 5.74) is 2.11. The number of halogens is 1. The molecule has 3 rings (SSSR count). The molecule has 0 aliphatic heterocycles. The van der Waals surface area contributed by atoms with Gasteiger partial charge in [0.15, 0.2) is 5.82 Å². The highest BCUT2D eigenvalue weighted by Gasteiger charge is 2.16. The minimum absolute atomic E-state index is 0.0795. The molecule has 3 heterocycles. The second kappa shape index (κ2) is 6.25. The van der Waals surface area contributed by atoms with Gasteiger partial charge in [-0.05, 0) is 19.1 Å². The first-order chi connectivity index (χ1) is 11.0. The minimum atomic E-state index is -0.416. The Hall–Kier alpha value is -2.61. The van der Waals surface area contributed by atoms with E-state index in [4.69, 9.17) is 16.1 Å². The number of carbonyl (C=O) groups excluding carboxylic acids is 1. The molecule has 120 valence electrons. The van der Waals surface area contributed by atoms with Crippen molar-refractivity contribution in [2.24, 2.45) is 7.05 Å². The normalized spacial score (nSPS) is 10.9. The molecule has 8 nitrogen and oxygen atoms in total. The van der Waals surface area contributed by atoms with E-state index < -0.39 is 5.91 Å². The van der Waals surface area contributed by atoms with Crippen LogP contribution in [0.2, 0.25) is 5.02 Å². The van der Waals surface area contributed by atoms with Crippen LogP contribution in [0.15, 0.2) is 29.0 Å². The highest BCUT2D eigenvalue weighted by Crippen LogP contribution is 2.08. The molecule has 0 atom stereocenters. The van der Waals surface area contributed by atoms with Gasteiger partial charge in [-0.2, -0.15) is 10.1 Å². The molecule has 0 aliphatic carbocycles. The van der Waals surface area contributed by atoms with E-state index in [0.29, 0.717) is 17.4 Å². The fourth-order valence-corrected chi connectivity index (χ4v) is 2.23. The predicted octanol–water partition coefficient (Wildman–Crippen LogP) is 1.54. The molecular formula is C14H15ClN6O2. The molecule has 0 saturated carbocycles. The Balaban J connectivity index is 1.61. The third-order valence-corrected chi connectivity index (χ3v) is 3.67. The molecule has 0 unspecified atom stereocenters. The number of rotatable bonds is 5. The van der Waals surface area contributed by atoms with E-state index in [1.165, 1.54) is 6.20 Å². The first-order valence-electron chi connectivity index (χ1n) is 6.93. The summed E-state index contributed by atoms with van der Waals surface area (Å²) in [4.78, 5) is 16.1. The van der Waals surface area contributed by atoms with Gasteiger partial charge in [-0.3, -0.25) is 9.48 Å². The summed E-state index contributed by atoms with van der Waals surface area (Å²) < 4.78 is 8.53. The maximum absolute atomic E-state index is 12.0. The zero-order valence-corrected chi connectivity index (χ0v) is 13.4. The SMILES string of the molecule is Cc1ccc(CNC(=O)c2nc(Cn3cc(Cl)cn3)no2)n1C. The molecule has 1 amide bonds. The molecule has 0 spiro atoms. The van der Waals surface area contributed by atoms with E-state index in [-0.39, 0.29) is 12.4 Å². The molecule has 23 heavy (non-hydrogen) atoms. The summed E-state index contributed by atoms with van der Waals surface area (Å²) >= 11 is 5.78. The van der Waals surface area contributed by atoms with Crippen molar-refractivity contribution in [2.45, 2.75) is 20.0 Å². The summed E-state index contributed by atoms with van der Waals surface area (Å²) in [7, 11) is 1.94. The maximum Gasteiger partial charge on any atom is 0.316 e. The van der Waals surface area contributed by atoms with E-state index in [9.17, 15) is 4.79 Å². The van der Waals surface area contributed by atoms with Crippen LogP contribution in [0.1, 0.15) is 27.9 Å². The second-order valence-corrected chi connectivity index (χ2v) is 5.52. The average Bonchev–Trinajstić information content (AvgIpc) is 3.22. The Morgan fingerprint density at radius 2 is 2.26 bits per heavy atom. The van der Waals surface area contributed by atoms with E-state index in [1.807, 2.05) is 30.7 Å². The molecule has 0 radical (unpaired) electrons. The molecule has 0 saturated heterocycles. The minimum Gasteiger partial charge on any atom is -0.350 e. The molecule has 0 aliphatic rings. The first-order valence-corrected chi connectivity index (χ1v) is 7.30. The third-order valence-electron chi connectivity index (χ3n) is 3.47. The van der Waals surface area contributed by atoms with Crippen molar-refractivity contribution in [3.05, 3.63) is 52.7 Å². The standard InChI is InChI=1S/C14H15ClN6O2/c1-9-3-4-11(20(9)2)6-16-13(22)14-18-12(19-23-14)8-21-7-10(15)5-17-21/h3-5,7H,6,8H2,1-2H3,(H,16,22). The third kappa shape index (κ3) is 3.42. The number of amides is 1. The Morgan fingerprint density at radius 3 is 2.91 bits per heavy atom. The molecule has 9 heteroatoms. The number of nitrogens with zero attached hydrogens (tertiary/aromatic N) is 5. The summed E-state index contributed by atoms with van der Waals surface area (Å²) in [5.74, 6) is -0.144. The van der Waals surface area contributed by atoms with Gasteiger partial charge in [0.2, 0.25) is 0 Å². The fraction of sp³-hybridized carbons (Fsp3) is 0.286. The number of aryl methyl sites for hydroxylation is 1. The second-order valence-electron chi connectivity index (χ2n) is 5.08. The number of hydrogen-bond acceptors (Lipinski definition) is 5. The van der Waals surface area contributed by atoms with Crippen LogP contribution in [0.4, 0.5) is 0 Å². The van der Waals surface area contributed by atoms with Crippen LogP contribution in [-0.4, -0.2) is 30.4 Å². The largest absolute Gasteiger partial charge is 0.350 e. The van der Waals surface area contributed by atoms with E-state index in [1.54, 1.807) is 10.9 Å². The van der Waals surface area contributed by atoms with E-state index in [2.05, 4.69) is 20.6 Å². The Labute approximate surface area is 137 Å². The van der Waals surface area contributed by atoms with Crippen LogP contribution in [0, 0.1) is 6.92 Å². The van der Waals surface area contributed by atoms with Crippen LogP contribution >= 0.6 is 11.6 Å². The Morgan fingerprint density at radius 1 is 1.43 bits per heavy atom. The van der Waals surface area contributed by atoms with Crippen LogP contribution in [0.5, 0.6) is 0 Å². The quantitative estimate of drug-likeness (QED) is 0.764. The van der Waals surface area contributed by atoms with Gasteiger partial charge in [-0.1, -0.05) is 16.8 Å². The lowest BCUT2D eigenvalue weighted by molar-refractivity contribution is 0.0906. The van der Waals surface area contributed by atoms with Gasteiger partial charge in [0.05, 0.1) is 17.8 Å². The summed E-state index contributed by atoms with van der Waals surface area (Å²) in [5, 5.41) is 11.0. The number of aromatic nitrogens is 5. The smallest absolute Gasteiger partial charge is 0.316 e. The van der Waals surface area contributed by atoms with Crippen molar-refractivity contribution in [3.63, 3.8) is 0 Å². The molecular weight excluding hydrogens is 320 g/mol. The fourth-order valence-electron chi connectivity index (χ4n) is 2.07. The summed E-state index contributed by atoms with van der Waals surface area (Å²) in [6.07, 6.45) is 3.15. The summed E-state index contributed by atoms with van der Waals surface area (Å²) in [6, 6.07) is 3.94. The van der Waals surface area contributed by atoms with Crippen molar-refractivity contribution < 1.29 is 9.32 Å². The van der Waals surface area contributed by atoms with Crippen molar-refractivity contribution in [1.29, 1.82) is 0 Å². The summed E-state index contributed by atoms with van der Waals surface area (Å²) in [6.45, 7) is 2.66. The molecule has 0 fully saturated rings. The molecule has 0 bridgehead atoms. The van der Waals surface area contributed by atoms with Crippen LogP contribution in [-0.2, 0) is 20.1 Å². The van der Waals surface area contributed by atoms with Crippen LogP contribution in [0.25, 0.3) is 0 Å². The van der Waals surface area contributed by atoms with Gasteiger partial charge in [-0.15, -0.1) is 0 Å². The average molecular weight is 335 g/mol. The van der Waals surface area contributed by atoms with Crippen molar-refractivity contribution in [1.82, 2.24) is 29.8 Å². The molecule has 0 aromatic carbocycles. The maximum atomic E-state index is 12.0. The molecule has 1 N–H and O–H groups in total. The highest BCUT2D eigenvalue weighted by atomic mass is 35.5. The zero-order valence-electron chi connectivity index (χ0n) is 12.7. The Bertz CT molecular complexity index is 834. The van der Waals surface area contributed by atoms with Crippen molar-refractivity contribution in [2.75, 3.05) is 0 Å². The number of carbonyl (C=O) groups is 1. The van der Waals surface area contributed by atoms with Gasteiger partial charge in [0.25, 0.3) is 0 Å². The van der Waals surface area contributed by atoms with Gasteiger partial charge < -0.3 is 14.4 Å². The first kappa shape index (κ1) is 15.3. The van der Waals surface area contributed by atoms with Crippen LogP contribution in [0.3, 0.4) is 0 Å². The number of hydrogen-bond donors (Lipinski definition) is 1. The van der Waals surface area contributed by atoms with Crippen LogP contribution < -0.4 is 5.32 Å². The molecule has 3 aromatic rings. The lowest BCUT2D eigenvalue weighted by atomic mass is 10.4. The zero-order chi connectivity index (χ0) is 16.4. The van der Waals surface area contributed by atoms with Gasteiger partial charge in [-0.25, -0.2) is 0 Å². The lowest BCUT2D eigenvalue weighted by Gasteiger charge is -2.05. The van der Waals surface area contributed by atoms with Gasteiger partial charge in [0, 0.05) is 24.6 Å². The predicted molar refractivity (Wildman–Crippen MR) is 82.0 cm³/mol.